The van der Waals surface area contributed by atoms with Gasteiger partial charge in [-0.05, 0) is 13.8 Å². The van der Waals surface area contributed by atoms with Crippen LogP contribution >= 0.6 is 0 Å². The van der Waals surface area contributed by atoms with E-state index in [1.165, 1.54) is 0 Å². The van der Waals surface area contributed by atoms with Crippen LogP contribution in [0.3, 0.4) is 0 Å². The van der Waals surface area contributed by atoms with Crippen LogP contribution in [-0.4, -0.2) is 0 Å². The average molecular weight is 192 g/mol. The van der Waals surface area contributed by atoms with Crippen LogP contribution in [0.1, 0.15) is 13.8 Å². The number of hydrogen-bond acceptors (Lipinski definition) is 0. The molecule has 64 valence electrons. The zero-order chi connectivity index (χ0) is 8.24. The molecule has 0 saturated carbocycles. The molecule has 0 spiro atoms. The van der Waals surface area contributed by atoms with Gasteiger partial charge in [0.05, 0.1) is 0 Å². The summed E-state index contributed by atoms with van der Waals surface area (Å²) in [6, 6.07) is 0. The standard InChI is InChI=1S/2C5H8.Fe/c2*1-3-5-4-2;/h2*3-5H,1H2,2H3;. The molecule has 0 aromatic heterocycles. The quantitative estimate of drug-likeness (QED) is 0.464. The monoisotopic (exact) mass is 192 g/mol. The summed E-state index contributed by atoms with van der Waals surface area (Å²) in [5.41, 5.74) is 0. The van der Waals surface area contributed by atoms with Gasteiger partial charge in [-0.2, -0.15) is 0 Å². The second kappa shape index (κ2) is 22.7. The first kappa shape index (κ1) is 16.8. The molecular formula is C10H16Fe. The second-order valence-corrected chi connectivity index (χ2v) is 1.52. The summed E-state index contributed by atoms with van der Waals surface area (Å²) in [5.74, 6) is 0. The third kappa shape index (κ3) is 43.8. The fourth-order valence-electron chi connectivity index (χ4n) is 0.272. The van der Waals surface area contributed by atoms with E-state index in [1.54, 1.807) is 12.2 Å². The zero-order valence-corrected chi connectivity index (χ0v) is 8.34. The molecule has 0 unspecified atom stereocenters. The number of rotatable bonds is 2. The Morgan fingerprint density at radius 3 is 1.09 bits per heavy atom. The molecule has 0 bridgehead atoms. The molecular weight excluding hydrogens is 176 g/mol. The minimum Gasteiger partial charge on any atom is -0.0991 e. The third-order valence-corrected chi connectivity index (χ3v) is 0.657. The fourth-order valence-corrected chi connectivity index (χ4v) is 0.272. The number of allylic oxidation sites excluding steroid dienone is 6. The van der Waals surface area contributed by atoms with Crippen LogP contribution < -0.4 is 0 Å². The Bertz CT molecular complexity index is 105. The van der Waals surface area contributed by atoms with Gasteiger partial charge in [-0.1, -0.05) is 49.6 Å². The van der Waals surface area contributed by atoms with Crippen LogP contribution in [0.2, 0.25) is 0 Å². The summed E-state index contributed by atoms with van der Waals surface area (Å²) in [6.45, 7) is 10.8. The summed E-state index contributed by atoms with van der Waals surface area (Å²) < 4.78 is 0. The van der Waals surface area contributed by atoms with E-state index in [0.717, 1.165) is 0 Å². The van der Waals surface area contributed by atoms with Crippen molar-refractivity contribution in [3.63, 3.8) is 0 Å². The second-order valence-electron chi connectivity index (χ2n) is 1.52. The molecule has 0 heterocycles. The SMILES string of the molecule is C=CC=CC.C=CC=CC.[Fe]. The molecule has 0 atom stereocenters. The molecule has 0 aliphatic carbocycles. The molecule has 11 heavy (non-hydrogen) atoms. The van der Waals surface area contributed by atoms with Crippen LogP contribution in [0, 0.1) is 0 Å². The van der Waals surface area contributed by atoms with Gasteiger partial charge in [-0.25, -0.2) is 0 Å². The van der Waals surface area contributed by atoms with Gasteiger partial charge in [0.2, 0.25) is 0 Å². The Labute approximate surface area is 80.9 Å². The van der Waals surface area contributed by atoms with E-state index in [9.17, 15) is 0 Å². The Morgan fingerprint density at radius 2 is 1.09 bits per heavy atom. The van der Waals surface area contributed by atoms with E-state index in [4.69, 9.17) is 0 Å². The molecule has 0 fully saturated rings. The van der Waals surface area contributed by atoms with Crippen LogP contribution in [-0.2, 0) is 17.1 Å². The Kier molecular flexibility index (Phi) is 34.7. The van der Waals surface area contributed by atoms with E-state index in [2.05, 4.69) is 13.2 Å². The van der Waals surface area contributed by atoms with Gasteiger partial charge >= 0.3 is 0 Å². The van der Waals surface area contributed by atoms with Crippen LogP contribution in [0.4, 0.5) is 0 Å². The maximum Gasteiger partial charge on any atom is 0 e. The topological polar surface area (TPSA) is 0 Å². The van der Waals surface area contributed by atoms with Crippen molar-refractivity contribution in [2.24, 2.45) is 0 Å². The maximum absolute atomic E-state index is 3.46. The molecule has 0 nitrogen and oxygen atoms in total. The van der Waals surface area contributed by atoms with Crippen molar-refractivity contribution in [2.75, 3.05) is 0 Å². The smallest absolute Gasteiger partial charge is 0 e. The van der Waals surface area contributed by atoms with Gasteiger partial charge in [-0.3, -0.25) is 0 Å². The van der Waals surface area contributed by atoms with Gasteiger partial charge in [-0.15, -0.1) is 0 Å². The van der Waals surface area contributed by atoms with Gasteiger partial charge in [0.1, 0.15) is 0 Å². The van der Waals surface area contributed by atoms with E-state index < -0.39 is 0 Å². The molecule has 0 amide bonds. The first-order valence-electron chi connectivity index (χ1n) is 3.30. The fraction of sp³-hybridized carbons (Fsp3) is 0.200. The molecule has 1 heteroatoms. The molecule has 0 aromatic carbocycles. The maximum atomic E-state index is 3.46. The first-order chi connectivity index (χ1) is 4.83. The van der Waals surface area contributed by atoms with Crippen molar-refractivity contribution in [1.29, 1.82) is 0 Å². The molecule has 0 aliphatic rings. The van der Waals surface area contributed by atoms with E-state index in [0.29, 0.717) is 0 Å². The Hall–Kier alpha value is -0.521. The van der Waals surface area contributed by atoms with Crippen LogP contribution in [0.25, 0.3) is 0 Å². The molecule has 0 radical (unpaired) electrons. The largest absolute Gasteiger partial charge is 0.0991 e. The van der Waals surface area contributed by atoms with E-state index >= 15 is 0 Å². The average Bonchev–Trinajstić information content (AvgIpc) is 1.93. The van der Waals surface area contributed by atoms with Crippen LogP contribution in [0.15, 0.2) is 49.6 Å². The summed E-state index contributed by atoms with van der Waals surface area (Å²) in [4.78, 5) is 0. The first-order valence-corrected chi connectivity index (χ1v) is 3.30. The van der Waals surface area contributed by atoms with E-state index in [-0.39, 0.29) is 17.1 Å². The van der Waals surface area contributed by atoms with Crippen molar-refractivity contribution in [3.8, 4) is 0 Å². The minimum absolute atomic E-state index is 0. The summed E-state index contributed by atoms with van der Waals surface area (Å²) in [7, 11) is 0. The van der Waals surface area contributed by atoms with Gasteiger partial charge in [0.25, 0.3) is 0 Å². The molecule has 0 rings (SSSR count). The van der Waals surface area contributed by atoms with Gasteiger partial charge in [0.15, 0.2) is 0 Å². The van der Waals surface area contributed by atoms with Gasteiger partial charge in [0, 0.05) is 17.1 Å². The normalized spacial score (nSPS) is 8.18. The van der Waals surface area contributed by atoms with Gasteiger partial charge < -0.3 is 0 Å². The zero-order valence-electron chi connectivity index (χ0n) is 7.23. The predicted octanol–water partition coefficient (Wildman–Crippen LogP) is 3.49. The molecule has 0 saturated heterocycles. The van der Waals surface area contributed by atoms with Crippen molar-refractivity contribution >= 4 is 0 Å². The molecule has 0 aliphatic heterocycles. The molecule has 0 N–H and O–H groups in total. The Balaban J connectivity index is -0.000000107. The molecule has 0 aromatic rings. The van der Waals surface area contributed by atoms with E-state index in [1.807, 2.05) is 38.2 Å². The minimum atomic E-state index is 0. The Morgan fingerprint density at radius 1 is 0.818 bits per heavy atom. The van der Waals surface area contributed by atoms with Crippen molar-refractivity contribution < 1.29 is 17.1 Å². The predicted molar refractivity (Wildman–Crippen MR) is 50.0 cm³/mol. The third-order valence-electron chi connectivity index (χ3n) is 0.657. The summed E-state index contributed by atoms with van der Waals surface area (Å²) in [6.07, 6.45) is 11.2. The number of hydrogen-bond donors (Lipinski definition) is 0. The van der Waals surface area contributed by atoms with Crippen molar-refractivity contribution in [3.05, 3.63) is 49.6 Å². The van der Waals surface area contributed by atoms with Crippen LogP contribution in [0.5, 0.6) is 0 Å². The van der Waals surface area contributed by atoms with Crippen molar-refractivity contribution in [2.45, 2.75) is 13.8 Å². The summed E-state index contributed by atoms with van der Waals surface area (Å²) >= 11 is 0. The summed E-state index contributed by atoms with van der Waals surface area (Å²) in [5, 5.41) is 0. The van der Waals surface area contributed by atoms with Crippen molar-refractivity contribution in [1.82, 2.24) is 0 Å².